The first-order valence-corrected chi connectivity index (χ1v) is 10.6. The zero-order valence-electron chi connectivity index (χ0n) is 16.3. The second-order valence-corrected chi connectivity index (χ2v) is 7.90. The summed E-state index contributed by atoms with van der Waals surface area (Å²) in [6, 6.07) is 12.1. The third-order valence-corrected chi connectivity index (χ3v) is 5.89. The number of imidazole rings is 1. The molecule has 0 radical (unpaired) electrons. The number of para-hydroxylation sites is 2. The summed E-state index contributed by atoms with van der Waals surface area (Å²) in [6.45, 7) is 4.55. The maximum atomic E-state index is 12.1. The summed E-state index contributed by atoms with van der Waals surface area (Å²) in [5.41, 5.74) is 3.47. The molecule has 0 fully saturated rings. The number of fused-ring (bicyclic) bond motifs is 5. The Hall–Kier alpha value is -3.19. The molecule has 146 valence electrons. The largest absolute Gasteiger partial charge is 0.424 e. The number of carbonyl (C=O) groups excluding carboxylic acids is 1. The number of nitrogens with zero attached hydrogens (tertiary/aromatic N) is 4. The molecule has 0 N–H and O–H groups in total. The van der Waals surface area contributed by atoms with Gasteiger partial charge in [0.05, 0.1) is 17.6 Å². The first-order valence-electron chi connectivity index (χ1n) is 9.71. The van der Waals surface area contributed by atoms with Crippen LogP contribution in [0.5, 0.6) is 5.75 Å². The van der Waals surface area contributed by atoms with E-state index in [2.05, 4.69) is 27.3 Å². The van der Waals surface area contributed by atoms with Crippen molar-refractivity contribution in [1.82, 2.24) is 18.9 Å². The fourth-order valence-corrected chi connectivity index (χ4v) is 4.38. The van der Waals surface area contributed by atoms with Crippen LogP contribution in [0.15, 0.2) is 48.0 Å². The van der Waals surface area contributed by atoms with E-state index < -0.39 is 0 Å². The lowest BCUT2D eigenvalue weighted by molar-refractivity contribution is -0.133. The van der Waals surface area contributed by atoms with E-state index in [9.17, 15) is 4.79 Å². The summed E-state index contributed by atoms with van der Waals surface area (Å²) in [6.07, 6.45) is 2.95. The minimum Gasteiger partial charge on any atom is -0.424 e. The third-order valence-electron chi connectivity index (χ3n) is 5.03. The van der Waals surface area contributed by atoms with Crippen LogP contribution < -0.4 is 4.74 Å². The van der Waals surface area contributed by atoms with Gasteiger partial charge in [-0.3, -0.25) is 9.20 Å². The van der Waals surface area contributed by atoms with E-state index in [0.717, 1.165) is 40.0 Å². The molecule has 4 aromatic heterocycles. The highest BCUT2D eigenvalue weighted by Crippen LogP contribution is 2.34. The maximum Gasteiger partial charge on any atom is 0.310 e. The van der Waals surface area contributed by atoms with Crippen LogP contribution in [0.3, 0.4) is 0 Å². The number of thiophene rings is 1. The van der Waals surface area contributed by atoms with Crippen molar-refractivity contribution in [2.24, 2.45) is 0 Å². The minimum atomic E-state index is -0.269. The summed E-state index contributed by atoms with van der Waals surface area (Å²) in [5, 5.41) is 2.83. The Morgan fingerprint density at radius 2 is 1.97 bits per heavy atom. The van der Waals surface area contributed by atoms with Crippen molar-refractivity contribution in [2.75, 3.05) is 0 Å². The van der Waals surface area contributed by atoms with Crippen LogP contribution in [0.25, 0.3) is 27.7 Å². The number of aromatic nitrogens is 4. The molecule has 5 aromatic rings. The number of rotatable bonds is 5. The second kappa shape index (κ2) is 7.00. The molecule has 6 nitrogen and oxygen atoms in total. The SMILES string of the molecule is CCC(=O)Oc1cn(Cc2cccs2)c2nc(CC)n3c4ccccc4nc3c12. The molecule has 0 bridgehead atoms. The van der Waals surface area contributed by atoms with Crippen molar-refractivity contribution in [3.63, 3.8) is 0 Å². The monoisotopic (exact) mass is 404 g/mol. The Bertz CT molecular complexity index is 1350. The summed E-state index contributed by atoms with van der Waals surface area (Å²) >= 11 is 1.69. The maximum absolute atomic E-state index is 12.1. The Kier molecular flexibility index (Phi) is 4.32. The summed E-state index contributed by atoms with van der Waals surface area (Å²) in [4.78, 5) is 23.2. The molecule has 1 aromatic carbocycles. The molecule has 0 unspecified atom stereocenters. The molecule has 0 spiro atoms. The normalized spacial score (nSPS) is 11.7. The predicted molar refractivity (Wildman–Crippen MR) is 115 cm³/mol. The van der Waals surface area contributed by atoms with Gasteiger partial charge in [-0.25, -0.2) is 9.97 Å². The minimum absolute atomic E-state index is 0.269. The van der Waals surface area contributed by atoms with Gasteiger partial charge in [0.1, 0.15) is 16.9 Å². The van der Waals surface area contributed by atoms with E-state index in [0.29, 0.717) is 18.7 Å². The molecule has 5 rings (SSSR count). The van der Waals surface area contributed by atoms with Crippen LogP contribution in [0.4, 0.5) is 0 Å². The lowest BCUT2D eigenvalue weighted by Gasteiger charge is -2.07. The number of hydrogen-bond donors (Lipinski definition) is 0. The van der Waals surface area contributed by atoms with E-state index in [1.54, 1.807) is 18.3 Å². The van der Waals surface area contributed by atoms with Gasteiger partial charge >= 0.3 is 5.97 Å². The smallest absolute Gasteiger partial charge is 0.310 e. The van der Waals surface area contributed by atoms with Crippen LogP contribution in [0.2, 0.25) is 0 Å². The lowest BCUT2D eigenvalue weighted by atomic mass is 10.3. The lowest BCUT2D eigenvalue weighted by Crippen LogP contribution is -2.06. The topological polar surface area (TPSA) is 61.4 Å². The van der Waals surface area contributed by atoms with Crippen molar-refractivity contribution in [3.8, 4) is 5.75 Å². The second-order valence-electron chi connectivity index (χ2n) is 6.87. The van der Waals surface area contributed by atoms with Crippen molar-refractivity contribution in [2.45, 2.75) is 33.2 Å². The summed E-state index contributed by atoms with van der Waals surface area (Å²) in [7, 11) is 0. The molecule has 0 saturated heterocycles. The first kappa shape index (κ1) is 17.9. The molecule has 0 saturated carbocycles. The van der Waals surface area contributed by atoms with Gasteiger partial charge in [0.25, 0.3) is 0 Å². The number of aryl methyl sites for hydroxylation is 1. The van der Waals surface area contributed by atoms with E-state index in [1.807, 2.05) is 36.5 Å². The van der Waals surface area contributed by atoms with Gasteiger partial charge < -0.3 is 9.30 Å². The van der Waals surface area contributed by atoms with Crippen molar-refractivity contribution < 1.29 is 9.53 Å². The van der Waals surface area contributed by atoms with E-state index in [1.165, 1.54) is 4.88 Å². The van der Waals surface area contributed by atoms with Crippen molar-refractivity contribution in [1.29, 1.82) is 0 Å². The van der Waals surface area contributed by atoms with Gasteiger partial charge in [-0.15, -0.1) is 11.3 Å². The highest BCUT2D eigenvalue weighted by atomic mass is 32.1. The third kappa shape index (κ3) is 2.89. The number of benzene rings is 1. The Morgan fingerprint density at radius 3 is 2.72 bits per heavy atom. The number of carbonyl (C=O) groups is 1. The highest BCUT2D eigenvalue weighted by Gasteiger charge is 2.22. The first-order chi connectivity index (χ1) is 14.2. The number of hydrogen-bond acceptors (Lipinski definition) is 5. The quantitative estimate of drug-likeness (QED) is 0.394. The predicted octanol–water partition coefficient (Wildman–Crippen LogP) is 4.82. The Labute approximate surface area is 171 Å². The van der Waals surface area contributed by atoms with Crippen LogP contribution in [0.1, 0.15) is 31.0 Å². The van der Waals surface area contributed by atoms with E-state index in [4.69, 9.17) is 14.7 Å². The van der Waals surface area contributed by atoms with Crippen LogP contribution >= 0.6 is 11.3 Å². The molecular formula is C22H20N4O2S. The fraction of sp³-hybridized carbons (Fsp3) is 0.227. The van der Waals surface area contributed by atoms with Gasteiger partial charge in [0, 0.05) is 23.9 Å². The van der Waals surface area contributed by atoms with Gasteiger partial charge in [-0.05, 0) is 23.6 Å². The molecule has 0 amide bonds. The Balaban J connectivity index is 1.85. The zero-order chi connectivity index (χ0) is 20.0. The molecule has 0 aliphatic rings. The molecule has 7 heteroatoms. The highest BCUT2D eigenvalue weighted by molar-refractivity contribution is 7.09. The average molecular weight is 404 g/mol. The number of ether oxygens (including phenoxy) is 1. The molecular weight excluding hydrogens is 384 g/mol. The molecule has 29 heavy (non-hydrogen) atoms. The molecule has 0 atom stereocenters. The van der Waals surface area contributed by atoms with Gasteiger partial charge in [0.15, 0.2) is 11.4 Å². The van der Waals surface area contributed by atoms with E-state index >= 15 is 0 Å². The number of esters is 1. The van der Waals surface area contributed by atoms with Crippen molar-refractivity contribution in [3.05, 3.63) is 58.7 Å². The molecule has 0 aliphatic carbocycles. The van der Waals surface area contributed by atoms with Gasteiger partial charge in [0.2, 0.25) is 0 Å². The van der Waals surface area contributed by atoms with E-state index in [-0.39, 0.29) is 5.97 Å². The summed E-state index contributed by atoms with van der Waals surface area (Å²) < 4.78 is 9.84. The Morgan fingerprint density at radius 1 is 1.10 bits per heavy atom. The van der Waals surface area contributed by atoms with Crippen LogP contribution in [-0.2, 0) is 17.8 Å². The van der Waals surface area contributed by atoms with Crippen LogP contribution in [-0.4, -0.2) is 24.9 Å². The summed E-state index contributed by atoms with van der Waals surface area (Å²) in [5.74, 6) is 1.17. The fourth-order valence-electron chi connectivity index (χ4n) is 3.68. The average Bonchev–Trinajstić information content (AvgIpc) is 3.45. The van der Waals surface area contributed by atoms with Gasteiger partial charge in [-0.2, -0.15) is 0 Å². The molecule has 4 heterocycles. The van der Waals surface area contributed by atoms with Crippen LogP contribution in [0, 0.1) is 0 Å². The van der Waals surface area contributed by atoms with Gasteiger partial charge in [-0.1, -0.05) is 32.0 Å². The zero-order valence-corrected chi connectivity index (χ0v) is 17.1. The van der Waals surface area contributed by atoms with Crippen molar-refractivity contribution >= 4 is 45.0 Å². The molecule has 0 aliphatic heterocycles. The standard InChI is InChI=1S/C22H20N4O2S/c1-3-18-24-21-20(22-23-15-9-5-6-10-16(15)26(18)22)17(28-19(27)4-2)13-25(21)12-14-8-7-11-29-14/h5-11,13H,3-4,12H2,1-2H3.